The van der Waals surface area contributed by atoms with E-state index >= 15 is 0 Å². The molecule has 1 aliphatic carbocycles. The van der Waals surface area contributed by atoms with E-state index < -0.39 is 5.54 Å². The Kier molecular flexibility index (Phi) is 7.52. The van der Waals surface area contributed by atoms with Crippen molar-refractivity contribution in [1.29, 1.82) is 0 Å². The van der Waals surface area contributed by atoms with Crippen LogP contribution >= 0.6 is 0 Å². The van der Waals surface area contributed by atoms with E-state index in [0.717, 1.165) is 38.8 Å². The maximum atomic E-state index is 12.3. The van der Waals surface area contributed by atoms with E-state index in [1.54, 1.807) is 0 Å². The Hall–Kier alpha value is -0.610. The van der Waals surface area contributed by atoms with Crippen LogP contribution in [0.3, 0.4) is 0 Å². The quantitative estimate of drug-likeness (QED) is 0.660. The summed E-state index contributed by atoms with van der Waals surface area (Å²) in [6, 6.07) is 0. The number of carbonyl (C=O) groups is 1. The number of carbonyl (C=O) groups excluding carboxylic acids is 1. The van der Waals surface area contributed by atoms with Crippen LogP contribution in [-0.2, 0) is 9.53 Å². The third-order valence-electron chi connectivity index (χ3n) is 4.66. The van der Waals surface area contributed by atoms with Gasteiger partial charge in [-0.25, -0.2) is 0 Å². The first-order valence-electron chi connectivity index (χ1n) is 8.15. The highest BCUT2D eigenvalue weighted by Crippen LogP contribution is 2.38. The van der Waals surface area contributed by atoms with Gasteiger partial charge in [0, 0.05) is 0 Å². The summed E-state index contributed by atoms with van der Waals surface area (Å²) in [5, 5.41) is 3.29. The molecule has 0 amide bonds. The second kappa shape index (κ2) is 8.63. The summed E-state index contributed by atoms with van der Waals surface area (Å²) >= 11 is 0. The standard InChI is InChI=1S/C16H32N2O2/c1-5-7-12-18(4)13-10-14-9-8-11-16(14,17-3)15(19)20-6-2/h14,17H,5-13H2,1-4H3. The molecule has 0 saturated heterocycles. The zero-order valence-corrected chi connectivity index (χ0v) is 13.7. The number of esters is 1. The van der Waals surface area contributed by atoms with Crippen molar-refractivity contribution in [1.82, 2.24) is 10.2 Å². The van der Waals surface area contributed by atoms with E-state index in [4.69, 9.17) is 4.74 Å². The topological polar surface area (TPSA) is 41.6 Å². The van der Waals surface area contributed by atoms with E-state index in [1.807, 2.05) is 14.0 Å². The highest BCUT2D eigenvalue weighted by atomic mass is 16.5. The molecule has 20 heavy (non-hydrogen) atoms. The first-order valence-corrected chi connectivity index (χ1v) is 8.15. The van der Waals surface area contributed by atoms with Crippen LogP contribution in [-0.4, -0.2) is 50.2 Å². The highest BCUT2D eigenvalue weighted by molar-refractivity contribution is 5.81. The number of ether oxygens (including phenoxy) is 1. The first-order chi connectivity index (χ1) is 9.60. The molecule has 0 bridgehead atoms. The lowest BCUT2D eigenvalue weighted by atomic mass is 9.84. The zero-order valence-electron chi connectivity index (χ0n) is 13.7. The van der Waals surface area contributed by atoms with Gasteiger partial charge in [0.25, 0.3) is 0 Å². The third kappa shape index (κ3) is 4.19. The first kappa shape index (κ1) is 17.4. The molecule has 0 aliphatic heterocycles. The summed E-state index contributed by atoms with van der Waals surface area (Å²) in [7, 11) is 4.08. The van der Waals surface area contributed by atoms with Gasteiger partial charge in [-0.05, 0) is 65.7 Å². The molecule has 1 N–H and O–H groups in total. The van der Waals surface area contributed by atoms with Gasteiger partial charge >= 0.3 is 5.97 Å². The van der Waals surface area contributed by atoms with Crippen molar-refractivity contribution in [2.24, 2.45) is 5.92 Å². The van der Waals surface area contributed by atoms with E-state index in [9.17, 15) is 4.79 Å². The van der Waals surface area contributed by atoms with E-state index in [1.165, 1.54) is 12.8 Å². The Bertz CT molecular complexity index is 296. The fourth-order valence-corrected chi connectivity index (χ4v) is 3.34. The van der Waals surface area contributed by atoms with Crippen LogP contribution in [0.5, 0.6) is 0 Å². The van der Waals surface area contributed by atoms with Gasteiger partial charge in [-0.1, -0.05) is 19.8 Å². The molecule has 0 aromatic heterocycles. The Morgan fingerprint density at radius 2 is 2.15 bits per heavy atom. The molecule has 4 nitrogen and oxygen atoms in total. The Labute approximate surface area is 124 Å². The molecular formula is C16H32N2O2. The molecule has 118 valence electrons. The van der Waals surface area contributed by atoms with Gasteiger partial charge in [-0.2, -0.15) is 0 Å². The smallest absolute Gasteiger partial charge is 0.326 e. The second-order valence-corrected chi connectivity index (χ2v) is 5.98. The van der Waals surface area contributed by atoms with E-state index in [2.05, 4.69) is 24.2 Å². The van der Waals surface area contributed by atoms with Crippen molar-refractivity contribution in [3.05, 3.63) is 0 Å². The minimum absolute atomic E-state index is 0.0544. The molecule has 1 saturated carbocycles. The summed E-state index contributed by atoms with van der Waals surface area (Å²) in [5.41, 5.74) is -0.443. The van der Waals surface area contributed by atoms with Gasteiger partial charge in [-0.3, -0.25) is 4.79 Å². The number of rotatable bonds is 9. The molecule has 0 aromatic rings. The highest BCUT2D eigenvalue weighted by Gasteiger charge is 2.48. The molecule has 1 aliphatic rings. The van der Waals surface area contributed by atoms with Crippen LogP contribution in [0.15, 0.2) is 0 Å². The van der Waals surface area contributed by atoms with E-state index in [0.29, 0.717) is 12.5 Å². The average molecular weight is 284 g/mol. The van der Waals surface area contributed by atoms with Crippen molar-refractivity contribution >= 4 is 5.97 Å². The Morgan fingerprint density at radius 1 is 1.40 bits per heavy atom. The lowest BCUT2D eigenvalue weighted by Crippen LogP contribution is -2.54. The summed E-state index contributed by atoms with van der Waals surface area (Å²) in [6.45, 7) is 6.77. The lowest BCUT2D eigenvalue weighted by Gasteiger charge is -2.33. The fourth-order valence-electron chi connectivity index (χ4n) is 3.34. The minimum atomic E-state index is -0.443. The predicted molar refractivity (Wildman–Crippen MR) is 82.8 cm³/mol. The van der Waals surface area contributed by atoms with Crippen LogP contribution in [0.1, 0.15) is 52.4 Å². The summed E-state index contributed by atoms with van der Waals surface area (Å²) in [4.78, 5) is 14.7. The molecule has 2 unspecified atom stereocenters. The molecule has 4 heteroatoms. The predicted octanol–water partition coefficient (Wildman–Crippen LogP) is 2.43. The van der Waals surface area contributed by atoms with Crippen LogP contribution in [0.25, 0.3) is 0 Å². The monoisotopic (exact) mass is 284 g/mol. The lowest BCUT2D eigenvalue weighted by molar-refractivity contribution is -0.153. The number of nitrogens with zero attached hydrogens (tertiary/aromatic N) is 1. The maximum absolute atomic E-state index is 12.3. The van der Waals surface area contributed by atoms with Crippen molar-refractivity contribution in [2.75, 3.05) is 33.8 Å². The number of likely N-dealkylation sites (N-methyl/N-ethyl adjacent to an activating group) is 1. The number of unbranched alkanes of at least 4 members (excludes halogenated alkanes) is 1. The van der Waals surface area contributed by atoms with Crippen molar-refractivity contribution in [2.45, 2.75) is 57.9 Å². The van der Waals surface area contributed by atoms with Crippen molar-refractivity contribution in [3.63, 3.8) is 0 Å². The van der Waals surface area contributed by atoms with Crippen molar-refractivity contribution < 1.29 is 9.53 Å². The Morgan fingerprint density at radius 3 is 2.75 bits per heavy atom. The van der Waals surface area contributed by atoms with E-state index in [-0.39, 0.29) is 5.97 Å². The second-order valence-electron chi connectivity index (χ2n) is 5.98. The molecular weight excluding hydrogens is 252 g/mol. The van der Waals surface area contributed by atoms with Gasteiger partial charge in [0.2, 0.25) is 0 Å². The molecule has 0 spiro atoms. The van der Waals surface area contributed by atoms with Crippen LogP contribution < -0.4 is 5.32 Å². The molecule has 1 rings (SSSR count). The van der Waals surface area contributed by atoms with Crippen molar-refractivity contribution in [3.8, 4) is 0 Å². The maximum Gasteiger partial charge on any atom is 0.326 e. The number of hydrogen-bond acceptors (Lipinski definition) is 4. The van der Waals surface area contributed by atoms with Gasteiger partial charge < -0.3 is 15.0 Å². The summed E-state index contributed by atoms with van der Waals surface area (Å²) in [5.74, 6) is 0.344. The third-order valence-corrected chi connectivity index (χ3v) is 4.66. The molecule has 0 heterocycles. The summed E-state index contributed by atoms with van der Waals surface area (Å²) in [6.07, 6.45) is 6.70. The Balaban J connectivity index is 2.56. The zero-order chi connectivity index (χ0) is 15.0. The number of nitrogens with one attached hydrogen (secondary N) is 1. The minimum Gasteiger partial charge on any atom is -0.465 e. The van der Waals surface area contributed by atoms with Crippen LogP contribution in [0, 0.1) is 5.92 Å². The molecule has 2 atom stereocenters. The molecule has 0 aromatic carbocycles. The molecule has 0 radical (unpaired) electrons. The molecule has 1 fully saturated rings. The number of hydrogen-bond donors (Lipinski definition) is 1. The van der Waals surface area contributed by atoms with Crippen LogP contribution in [0.2, 0.25) is 0 Å². The van der Waals surface area contributed by atoms with Crippen LogP contribution in [0.4, 0.5) is 0 Å². The van der Waals surface area contributed by atoms with Gasteiger partial charge in [0.1, 0.15) is 5.54 Å². The van der Waals surface area contributed by atoms with Gasteiger partial charge in [-0.15, -0.1) is 0 Å². The largest absolute Gasteiger partial charge is 0.465 e. The SMILES string of the molecule is CCCCN(C)CCC1CCCC1(NC)C(=O)OCC. The van der Waals surface area contributed by atoms with Gasteiger partial charge in [0.05, 0.1) is 6.61 Å². The van der Waals surface area contributed by atoms with Gasteiger partial charge in [0.15, 0.2) is 0 Å². The normalized spacial score (nSPS) is 26.1. The fraction of sp³-hybridized carbons (Fsp3) is 0.938. The summed E-state index contributed by atoms with van der Waals surface area (Å²) < 4.78 is 5.31. The average Bonchev–Trinajstić information content (AvgIpc) is 2.87.